The molecule has 210 valence electrons. The predicted octanol–water partition coefficient (Wildman–Crippen LogP) is 5.89. The molecule has 1 saturated heterocycles. The summed E-state index contributed by atoms with van der Waals surface area (Å²) in [6.45, 7) is 15.5. The number of aliphatic hydroxyl groups is 2. The third-order valence-electron chi connectivity index (χ3n) is 14.1. The highest BCUT2D eigenvalue weighted by Crippen LogP contribution is 2.89. The molecule has 0 bridgehead atoms. The van der Waals surface area contributed by atoms with Crippen LogP contribution < -0.4 is 0 Å². The van der Waals surface area contributed by atoms with Gasteiger partial charge in [-0.15, -0.1) is 0 Å². The van der Waals surface area contributed by atoms with Gasteiger partial charge < -0.3 is 19.7 Å². The molecule has 13 atom stereocenters. The van der Waals surface area contributed by atoms with E-state index < -0.39 is 6.10 Å². The van der Waals surface area contributed by atoms with Crippen LogP contribution in [0.25, 0.3) is 0 Å². The van der Waals surface area contributed by atoms with E-state index in [9.17, 15) is 15.0 Å². The average molecular weight is 517 g/mol. The van der Waals surface area contributed by atoms with E-state index in [0.29, 0.717) is 34.5 Å². The fourth-order valence-electron chi connectivity index (χ4n) is 12.4. The van der Waals surface area contributed by atoms with Crippen molar-refractivity contribution in [1.82, 2.24) is 0 Å². The quantitative estimate of drug-likeness (QED) is 0.456. The normalized spacial score (nSPS) is 56.1. The van der Waals surface area contributed by atoms with Crippen molar-refractivity contribution in [3.05, 3.63) is 0 Å². The fraction of sp³-hybridized carbons (Fsp3) is 0.969. The molecular formula is C32H52O5. The molecule has 0 amide bonds. The Balaban J connectivity index is 1.33. The van der Waals surface area contributed by atoms with Crippen molar-refractivity contribution in [3.8, 4) is 0 Å². The van der Waals surface area contributed by atoms with Gasteiger partial charge in [-0.3, -0.25) is 4.79 Å². The van der Waals surface area contributed by atoms with Gasteiger partial charge in [-0.25, -0.2) is 0 Å². The number of hydrogen-bond donors (Lipinski definition) is 2. The molecule has 6 fully saturated rings. The second kappa shape index (κ2) is 8.19. The van der Waals surface area contributed by atoms with Crippen LogP contribution in [-0.2, 0) is 14.3 Å². The Hall–Kier alpha value is -0.650. The van der Waals surface area contributed by atoms with Crippen LogP contribution in [0.4, 0.5) is 0 Å². The van der Waals surface area contributed by atoms with Crippen LogP contribution in [0.1, 0.15) is 113 Å². The minimum atomic E-state index is -0.495. The second-order valence-corrected chi connectivity index (χ2v) is 15.5. The Morgan fingerprint density at radius 1 is 1.03 bits per heavy atom. The van der Waals surface area contributed by atoms with Gasteiger partial charge in [0, 0.05) is 12.3 Å². The van der Waals surface area contributed by atoms with Crippen LogP contribution in [0.2, 0.25) is 0 Å². The Labute approximate surface area is 224 Å². The molecular weight excluding hydrogens is 464 g/mol. The first kappa shape index (κ1) is 26.6. The molecule has 2 spiro atoms. The van der Waals surface area contributed by atoms with Gasteiger partial charge in [0.05, 0.1) is 24.4 Å². The van der Waals surface area contributed by atoms with Gasteiger partial charge >= 0.3 is 5.97 Å². The van der Waals surface area contributed by atoms with Gasteiger partial charge in [-0.2, -0.15) is 0 Å². The minimum Gasteiger partial charge on any atom is -0.460 e. The molecule has 5 heteroatoms. The predicted molar refractivity (Wildman–Crippen MR) is 143 cm³/mol. The highest BCUT2D eigenvalue weighted by atomic mass is 16.6. The van der Waals surface area contributed by atoms with E-state index in [1.54, 1.807) is 0 Å². The zero-order valence-electron chi connectivity index (χ0n) is 24.4. The molecule has 2 N–H and O–H groups in total. The molecule has 0 aromatic carbocycles. The maximum atomic E-state index is 12.3. The van der Waals surface area contributed by atoms with Crippen LogP contribution in [0.5, 0.6) is 0 Å². The first-order valence-corrected chi connectivity index (χ1v) is 15.5. The van der Waals surface area contributed by atoms with Gasteiger partial charge in [0.15, 0.2) is 0 Å². The van der Waals surface area contributed by atoms with Crippen LogP contribution in [0.3, 0.4) is 0 Å². The van der Waals surface area contributed by atoms with Gasteiger partial charge in [0.2, 0.25) is 0 Å². The van der Waals surface area contributed by atoms with Crippen LogP contribution in [0, 0.1) is 50.7 Å². The van der Waals surface area contributed by atoms with Crippen LogP contribution >= 0.6 is 0 Å². The number of rotatable bonds is 4. The summed E-state index contributed by atoms with van der Waals surface area (Å²) in [5, 5.41) is 23.2. The number of hydrogen-bond acceptors (Lipinski definition) is 5. The van der Waals surface area contributed by atoms with Crippen LogP contribution in [0.15, 0.2) is 0 Å². The Morgan fingerprint density at radius 3 is 2.38 bits per heavy atom. The Bertz CT molecular complexity index is 947. The van der Waals surface area contributed by atoms with Crippen molar-refractivity contribution >= 4 is 5.97 Å². The maximum Gasteiger partial charge on any atom is 0.302 e. The zero-order valence-corrected chi connectivity index (χ0v) is 24.4. The lowest BCUT2D eigenvalue weighted by molar-refractivity contribution is -0.190. The first-order chi connectivity index (χ1) is 17.3. The highest BCUT2D eigenvalue weighted by Gasteiger charge is 2.84. The maximum absolute atomic E-state index is 12.3. The molecule has 0 aromatic heterocycles. The van der Waals surface area contributed by atoms with E-state index in [4.69, 9.17) is 9.47 Å². The molecule has 6 rings (SSSR count). The Kier molecular flexibility index (Phi) is 5.88. The molecule has 1 aliphatic heterocycles. The number of ether oxygens (including phenoxy) is 2. The monoisotopic (exact) mass is 516 g/mol. The SMILES string of the molecule is CCC[C@@H](OC(C)=O)C1C[C@@H](C)[C@H]2C(O1)[C@H](O)[C@@]1(C)C3CC[C@H]4C(C)(C)[C@@H](O)CCC45CC35CCC21C. The number of esters is 1. The van der Waals surface area contributed by atoms with Crippen molar-refractivity contribution in [2.75, 3.05) is 0 Å². The van der Waals surface area contributed by atoms with E-state index in [1.165, 1.54) is 26.2 Å². The number of carbonyl (C=O) groups is 1. The van der Waals surface area contributed by atoms with Crippen LogP contribution in [-0.4, -0.2) is 46.7 Å². The summed E-state index contributed by atoms with van der Waals surface area (Å²) >= 11 is 0. The smallest absolute Gasteiger partial charge is 0.302 e. The third kappa shape index (κ3) is 3.11. The lowest BCUT2D eigenvalue weighted by Gasteiger charge is -2.63. The molecule has 5 nitrogen and oxygen atoms in total. The van der Waals surface area contributed by atoms with Crippen molar-refractivity contribution in [2.45, 2.75) is 143 Å². The number of carbonyl (C=O) groups excluding carboxylic acids is 1. The van der Waals surface area contributed by atoms with Crippen molar-refractivity contribution in [3.63, 3.8) is 0 Å². The summed E-state index contributed by atoms with van der Waals surface area (Å²) in [6.07, 6.45) is 9.54. The van der Waals surface area contributed by atoms with E-state index >= 15 is 0 Å². The number of fused-ring (bicyclic) bond motifs is 4. The topological polar surface area (TPSA) is 76.0 Å². The molecule has 1 heterocycles. The van der Waals surface area contributed by atoms with Gasteiger partial charge in [-0.1, -0.05) is 48.0 Å². The van der Waals surface area contributed by atoms with E-state index in [0.717, 1.165) is 44.9 Å². The highest BCUT2D eigenvalue weighted by molar-refractivity contribution is 5.66. The number of aliphatic hydroxyl groups excluding tert-OH is 2. The summed E-state index contributed by atoms with van der Waals surface area (Å²) in [5.74, 6) is 1.61. The standard InChI is InChI=1S/C32H52O5/c1-8-9-20(36-19(3)33)21-16-18(2)25-26(37-21)27(35)30(7)23-11-10-22-28(4,5)24(34)12-13-31(22)17-32(23,31)15-14-29(25,30)6/h18,20-27,34-35H,8-17H2,1-7H3/t18-,20-,21?,22+,23?,24+,25+,26?,27+,29?,30-,31?,32?/m1/s1. The van der Waals surface area contributed by atoms with Crippen molar-refractivity contribution < 1.29 is 24.5 Å². The molecule has 37 heavy (non-hydrogen) atoms. The molecule has 6 unspecified atom stereocenters. The summed E-state index contributed by atoms with van der Waals surface area (Å²) in [5.41, 5.74) is 0.514. The average Bonchev–Trinajstić information content (AvgIpc) is 3.46. The molecule has 6 aliphatic rings. The van der Waals surface area contributed by atoms with E-state index in [1.807, 2.05) is 0 Å². The van der Waals surface area contributed by atoms with Gasteiger partial charge in [0.1, 0.15) is 6.10 Å². The summed E-state index contributed by atoms with van der Waals surface area (Å²) in [4.78, 5) is 11.9. The summed E-state index contributed by atoms with van der Waals surface area (Å²) in [6, 6.07) is 0. The van der Waals surface area contributed by atoms with E-state index in [-0.39, 0.29) is 46.6 Å². The zero-order chi connectivity index (χ0) is 26.8. The molecule has 0 radical (unpaired) electrons. The fourth-order valence-corrected chi connectivity index (χ4v) is 12.4. The molecule has 5 aliphatic carbocycles. The molecule has 5 saturated carbocycles. The minimum absolute atomic E-state index is 0.0213. The van der Waals surface area contributed by atoms with Crippen molar-refractivity contribution in [1.29, 1.82) is 0 Å². The molecule has 0 aromatic rings. The lowest BCUT2D eigenvalue weighted by Crippen LogP contribution is -2.59. The summed E-state index contributed by atoms with van der Waals surface area (Å²) < 4.78 is 12.6. The van der Waals surface area contributed by atoms with Crippen molar-refractivity contribution in [2.24, 2.45) is 50.7 Å². The van der Waals surface area contributed by atoms with Gasteiger partial charge in [0.25, 0.3) is 0 Å². The first-order valence-electron chi connectivity index (χ1n) is 15.5. The summed E-state index contributed by atoms with van der Waals surface area (Å²) in [7, 11) is 0. The lowest BCUT2D eigenvalue weighted by atomic mass is 9.41. The van der Waals surface area contributed by atoms with E-state index in [2.05, 4.69) is 41.5 Å². The second-order valence-electron chi connectivity index (χ2n) is 15.5. The Morgan fingerprint density at radius 2 is 1.70 bits per heavy atom. The van der Waals surface area contributed by atoms with Gasteiger partial charge in [-0.05, 0) is 103 Å². The third-order valence-corrected chi connectivity index (χ3v) is 14.1. The largest absolute Gasteiger partial charge is 0.460 e.